The molecular weight excluding hydrogens is 588 g/mol. The minimum Gasteiger partial charge on any atom is -0.390 e. The molecule has 0 aliphatic carbocycles. The molecule has 0 spiro atoms. The van der Waals surface area contributed by atoms with Gasteiger partial charge in [0.05, 0.1) is 24.9 Å². The van der Waals surface area contributed by atoms with Crippen molar-refractivity contribution >= 4 is 0 Å². The molecule has 0 saturated carbocycles. The van der Waals surface area contributed by atoms with Crippen LogP contribution >= 0.6 is 0 Å². The van der Waals surface area contributed by atoms with Gasteiger partial charge in [0.1, 0.15) is 42.7 Å². The SMILES string of the molecule is CC1OC(OC2[C@H](OCCCCCCCCCCCC(C)(C)C)OC(C)[C@H](O)[C@@H]2O)[C@@H](O)C(O)[C@H]1O[C@@H]1OC[C@@H](O)[C@H](C)C1O. The molecule has 14 atom stereocenters. The molecule has 3 aliphatic heterocycles. The Labute approximate surface area is 269 Å². The van der Waals surface area contributed by atoms with Crippen LogP contribution < -0.4 is 0 Å². The Bertz CT molecular complexity index is 826. The minimum absolute atomic E-state index is 0.0467. The molecular formula is C33H62O12. The van der Waals surface area contributed by atoms with Crippen molar-refractivity contribution < 1.29 is 59.1 Å². The molecule has 12 heteroatoms. The second kappa shape index (κ2) is 18.3. The number of hydrogen-bond acceptors (Lipinski definition) is 12. The molecule has 3 heterocycles. The van der Waals surface area contributed by atoms with Crippen molar-refractivity contribution in [2.24, 2.45) is 11.3 Å². The van der Waals surface area contributed by atoms with Crippen LogP contribution in [0.4, 0.5) is 0 Å². The maximum Gasteiger partial charge on any atom is 0.187 e. The van der Waals surface area contributed by atoms with Gasteiger partial charge in [-0.15, -0.1) is 0 Å². The topological polar surface area (TPSA) is 177 Å². The van der Waals surface area contributed by atoms with Gasteiger partial charge in [0, 0.05) is 12.5 Å². The number of aliphatic hydroxyl groups excluding tert-OH is 6. The van der Waals surface area contributed by atoms with Crippen LogP contribution in [0.25, 0.3) is 0 Å². The molecule has 0 aromatic rings. The van der Waals surface area contributed by atoms with Gasteiger partial charge in [0.15, 0.2) is 18.9 Å². The smallest absolute Gasteiger partial charge is 0.187 e. The number of rotatable bonds is 16. The lowest BCUT2D eigenvalue weighted by atomic mass is 9.89. The molecule has 0 bridgehead atoms. The van der Waals surface area contributed by atoms with Crippen LogP contribution in [-0.4, -0.2) is 124 Å². The second-order valence-corrected chi connectivity index (χ2v) is 14.6. The predicted molar refractivity (Wildman–Crippen MR) is 165 cm³/mol. The number of ether oxygens (including phenoxy) is 6. The monoisotopic (exact) mass is 650 g/mol. The molecule has 0 radical (unpaired) electrons. The average Bonchev–Trinajstić information content (AvgIpc) is 2.98. The zero-order valence-corrected chi connectivity index (χ0v) is 28.2. The summed E-state index contributed by atoms with van der Waals surface area (Å²) < 4.78 is 34.8. The van der Waals surface area contributed by atoms with E-state index in [1.54, 1.807) is 20.8 Å². The molecule has 45 heavy (non-hydrogen) atoms. The molecule has 12 nitrogen and oxygen atoms in total. The number of unbranched alkanes of at least 4 members (excludes halogenated alkanes) is 8. The van der Waals surface area contributed by atoms with Crippen molar-refractivity contribution in [2.45, 2.75) is 186 Å². The van der Waals surface area contributed by atoms with Gasteiger partial charge in [-0.05, 0) is 32.1 Å². The van der Waals surface area contributed by atoms with Gasteiger partial charge in [-0.1, -0.05) is 79.1 Å². The Balaban J connectivity index is 1.43. The normalized spacial score (nSPS) is 41.3. The Kier molecular flexibility index (Phi) is 15.9. The van der Waals surface area contributed by atoms with E-state index in [2.05, 4.69) is 20.8 Å². The Morgan fingerprint density at radius 2 is 1.11 bits per heavy atom. The van der Waals surface area contributed by atoms with Crippen molar-refractivity contribution in [1.29, 1.82) is 0 Å². The van der Waals surface area contributed by atoms with Crippen molar-refractivity contribution in [2.75, 3.05) is 13.2 Å². The first-order chi connectivity index (χ1) is 21.2. The first-order valence-electron chi connectivity index (χ1n) is 17.1. The molecule has 3 fully saturated rings. The largest absolute Gasteiger partial charge is 0.390 e. The summed E-state index contributed by atoms with van der Waals surface area (Å²) in [5.74, 6) is -0.515. The quantitative estimate of drug-likeness (QED) is 0.135. The van der Waals surface area contributed by atoms with E-state index in [4.69, 9.17) is 28.4 Å². The van der Waals surface area contributed by atoms with Crippen LogP contribution in [-0.2, 0) is 28.4 Å². The van der Waals surface area contributed by atoms with E-state index >= 15 is 0 Å². The lowest BCUT2D eigenvalue weighted by Crippen LogP contribution is -2.64. The Morgan fingerprint density at radius 1 is 0.578 bits per heavy atom. The molecule has 3 saturated heterocycles. The summed E-state index contributed by atoms with van der Waals surface area (Å²) in [4.78, 5) is 0. The van der Waals surface area contributed by atoms with E-state index in [0.717, 1.165) is 19.3 Å². The predicted octanol–water partition coefficient (Wildman–Crippen LogP) is 2.37. The van der Waals surface area contributed by atoms with E-state index in [1.165, 1.54) is 44.9 Å². The maximum absolute atomic E-state index is 10.9. The zero-order chi connectivity index (χ0) is 33.3. The minimum atomic E-state index is -1.60. The second-order valence-electron chi connectivity index (χ2n) is 14.6. The summed E-state index contributed by atoms with van der Waals surface area (Å²) in [5.41, 5.74) is 0.417. The average molecular weight is 651 g/mol. The van der Waals surface area contributed by atoms with E-state index in [9.17, 15) is 30.6 Å². The molecule has 0 aromatic heterocycles. The van der Waals surface area contributed by atoms with Crippen molar-refractivity contribution in [1.82, 2.24) is 0 Å². The van der Waals surface area contributed by atoms with Gasteiger partial charge >= 0.3 is 0 Å². The Hall–Kier alpha value is -0.480. The highest BCUT2D eigenvalue weighted by molar-refractivity contribution is 4.93. The summed E-state index contributed by atoms with van der Waals surface area (Å²) in [6, 6.07) is 0. The van der Waals surface area contributed by atoms with Crippen molar-refractivity contribution in [3.8, 4) is 0 Å². The summed E-state index contributed by atoms with van der Waals surface area (Å²) in [5, 5.41) is 63.5. The van der Waals surface area contributed by atoms with E-state index in [1.807, 2.05) is 0 Å². The molecule has 3 aliphatic rings. The third-order valence-electron chi connectivity index (χ3n) is 9.35. The van der Waals surface area contributed by atoms with Crippen LogP contribution in [0.3, 0.4) is 0 Å². The van der Waals surface area contributed by atoms with Crippen LogP contribution in [0.5, 0.6) is 0 Å². The Morgan fingerprint density at radius 3 is 1.73 bits per heavy atom. The van der Waals surface area contributed by atoms with E-state index < -0.39 is 85.8 Å². The first-order valence-corrected chi connectivity index (χ1v) is 17.1. The van der Waals surface area contributed by atoms with Gasteiger partial charge in [-0.2, -0.15) is 0 Å². The van der Waals surface area contributed by atoms with Crippen molar-refractivity contribution in [3.05, 3.63) is 0 Å². The fourth-order valence-corrected chi connectivity index (χ4v) is 6.13. The molecule has 6 unspecified atom stereocenters. The van der Waals surface area contributed by atoms with Crippen LogP contribution in [0.2, 0.25) is 0 Å². The molecule has 0 amide bonds. The van der Waals surface area contributed by atoms with E-state index in [-0.39, 0.29) is 6.61 Å². The van der Waals surface area contributed by atoms with Gasteiger partial charge in [-0.3, -0.25) is 0 Å². The summed E-state index contributed by atoms with van der Waals surface area (Å²) in [6.07, 6.45) is -3.36. The fourth-order valence-electron chi connectivity index (χ4n) is 6.13. The third kappa shape index (κ3) is 11.6. The highest BCUT2D eigenvalue weighted by atomic mass is 16.8. The standard InChI is InChI=1S/C33H62O12/c1-19-22(34)18-41-30(23(19)35)44-28-21(3)43-31(27(39)26(28)38)45-29-25(37)24(36)20(2)42-32(29)40-17-15-13-11-9-7-8-10-12-14-16-33(4,5)6/h19-32,34-39H,7-18H2,1-6H3/t19-,20?,21?,22+,23?,24-,25-,26?,27-,28-,29?,30-,31?,32+/m0/s1. The lowest BCUT2D eigenvalue weighted by molar-refractivity contribution is -0.374. The molecule has 0 aromatic carbocycles. The van der Waals surface area contributed by atoms with Crippen LogP contribution in [0, 0.1) is 11.3 Å². The fraction of sp³-hybridized carbons (Fsp3) is 1.00. The zero-order valence-electron chi connectivity index (χ0n) is 28.2. The molecule has 266 valence electrons. The highest BCUT2D eigenvalue weighted by Gasteiger charge is 2.51. The first kappa shape index (κ1) is 39.0. The number of hydrogen-bond donors (Lipinski definition) is 6. The highest BCUT2D eigenvalue weighted by Crippen LogP contribution is 2.32. The van der Waals surface area contributed by atoms with Gasteiger partial charge in [0.2, 0.25) is 0 Å². The lowest BCUT2D eigenvalue weighted by Gasteiger charge is -2.47. The van der Waals surface area contributed by atoms with Crippen LogP contribution in [0.1, 0.15) is 106 Å². The maximum atomic E-state index is 10.9. The summed E-state index contributed by atoms with van der Waals surface area (Å²) in [6.45, 7) is 12.1. The van der Waals surface area contributed by atoms with Gasteiger partial charge < -0.3 is 59.1 Å². The molecule has 6 N–H and O–H groups in total. The van der Waals surface area contributed by atoms with Gasteiger partial charge in [-0.25, -0.2) is 0 Å². The van der Waals surface area contributed by atoms with E-state index in [0.29, 0.717) is 12.0 Å². The van der Waals surface area contributed by atoms with Gasteiger partial charge in [0.25, 0.3) is 0 Å². The summed E-state index contributed by atoms with van der Waals surface area (Å²) in [7, 11) is 0. The number of aliphatic hydroxyl groups is 6. The molecule has 3 rings (SSSR count). The van der Waals surface area contributed by atoms with Crippen molar-refractivity contribution in [3.63, 3.8) is 0 Å². The van der Waals surface area contributed by atoms with Crippen LogP contribution in [0.15, 0.2) is 0 Å². The third-order valence-corrected chi connectivity index (χ3v) is 9.35. The summed E-state index contributed by atoms with van der Waals surface area (Å²) >= 11 is 0.